The SMILES string of the molecule is COCCCOc1cc(C)c(C(Br)C=O)c(C)c1. The molecule has 0 bridgehead atoms. The molecule has 0 N–H and O–H groups in total. The summed E-state index contributed by atoms with van der Waals surface area (Å²) < 4.78 is 10.6. The Morgan fingerprint density at radius 3 is 2.39 bits per heavy atom. The molecule has 0 fully saturated rings. The van der Waals surface area contributed by atoms with Gasteiger partial charge in [-0.1, -0.05) is 15.9 Å². The summed E-state index contributed by atoms with van der Waals surface area (Å²) in [7, 11) is 1.68. The van der Waals surface area contributed by atoms with E-state index in [0.29, 0.717) is 13.2 Å². The molecule has 0 saturated carbocycles. The molecule has 0 amide bonds. The number of aldehydes is 1. The Bertz CT molecular complexity index is 381. The second-order valence-corrected chi connectivity index (χ2v) is 5.19. The highest BCUT2D eigenvalue weighted by Gasteiger charge is 2.13. The van der Waals surface area contributed by atoms with Gasteiger partial charge in [0.25, 0.3) is 0 Å². The molecule has 1 aromatic carbocycles. The molecule has 0 saturated heterocycles. The van der Waals surface area contributed by atoms with Gasteiger partial charge in [-0.3, -0.25) is 0 Å². The van der Waals surface area contributed by atoms with Gasteiger partial charge < -0.3 is 14.3 Å². The highest BCUT2D eigenvalue weighted by atomic mass is 79.9. The van der Waals surface area contributed by atoms with Gasteiger partial charge in [0.2, 0.25) is 0 Å². The van der Waals surface area contributed by atoms with Gasteiger partial charge in [-0.25, -0.2) is 0 Å². The molecule has 0 aliphatic heterocycles. The van der Waals surface area contributed by atoms with Crippen molar-refractivity contribution in [3.8, 4) is 5.75 Å². The molecule has 0 spiro atoms. The second kappa shape index (κ2) is 7.54. The van der Waals surface area contributed by atoms with Crippen molar-refractivity contribution >= 4 is 22.2 Å². The molecule has 18 heavy (non-hydrogen) atoms. The van der Waals surface area contributed by atoms with E-state index in [-0.39, 0.29) is 4.83 Å². The minimum atomic E-state index is -0.250. The van der Waals surface area contributed by atoms with Gasteiger partial charge in [0.1, 0.15) is 12.0 Å². The van der Waals surface area contributed by atoms with E-state index < -0.39 is 0 Å². The zero-order valence-electron chi connectivity index (χ0n) is 11.0. The molecule has 0 aliphatic rings. The minimum Gasteiger partial charge on any atom is -0.493 e. The highest BCUT2D eigenvalue weighted by Crippen LogP contribution is 2.30. The van der Waals surface area contributed by atoms with E-state index in [1.807, 2.05) is 26.0 Å². The van der Waals surface area contributed by atoms with Crippen LogP contribution in [0.25, 0.3) is 0 Å². The molecular weight excluding hydrogens is 296 g/mol. The van der Waals surface area contributed by atoms with Crippen LogP contribution in [0.4, 0.5) is 0 Å². The average molecular weight is 315 g/mol. The molecule has 1 unspecified atom stereocenters. The predicted octanol–water partition coefficient (Wildman–Crippen LogP) is 3.35. The van der Waals surface area contributed by atoms with Crippen LogP contribution in [0.1, 0.15) is 27.9 Å². The van der Waals surface area contributed by atoms with Crippen molar-refractivity contribution in [2.45, 2.75) is 25.1 Å². The summed E-state index contributed by atoms with van der Waals surface area (Å²) >= 11 is 3.36. The van der Waals surface area contributed by atoms with Crippen molar-refractivity contribution in [3.63, 3.8) is 0 Å². The lowest BCUT2D eigenvalue weighted by atomic mass is 10.00. The molecule has 1 aromatic rings. The first-order valence-corrected chi connectivity index (χ1v) is 6.84. The van der Waals surface area contributed by atoms with E-state index in [9.17, 15) is 4.79 Å². The number of ether oxygens (including phenoxy) is 2. The lowest BCUT2D eigenvalue weighted by molar-refractivity contribution is -0.107. The zero-order valence-corrected chi connectivity index (χ0v) is 12.6. The van der Waals surface area contributed by atoms with E-state index in [0.717, 1.165) is 35.1 Å². The quantitative estimate of drug-likeness (QED) is 0.440. The summed E-state index contributed by atoms with van der Waals surface area (Å²) in [5, 5.41) is 0. The Morgan fingerprint density at radius 1 is 1.28 bits per heavy atom. The Labute approximate surface area is 117 Å². The summed E-state index contributed by atoms with van der Waals surface area (Å²) in [6.07, 6.45) is 1.76. The minimum absolute atomic E-state index is 0.250. The average Bonchev–Trinajstić information content (AvgIpc) is 2.33. The third kappa shape index (κ3) is 4.10. The van der Waals surface area contributed by atoms with Crippen LogP contribution in [0.2, 0.25) is 0 Å². The van der Waals surface area contributed by atoms with Crippen molar-refractivity contribution in [3.05, 3.63) is 28.8 Å². The van der Waals surface area contributed by atoms with Crippen LogP contribution >= 0.6 is 15.9 Å². The summed E-state index contributed by atoms with van der Waals surface area (Å²) in [4.78, 5) is 10.6. The zero-order chi connectivity index (χ0) is 13.5. The smallest absolute Gasteiger partial charge is 0.138 e. The van der Waals surface area contributed by atoms with Gasteiger partial charge >= 0.3 is 0 Å². The Morgan fingerprint density at radius 2 is 1.89 bits per heavy atom. The number of carbonyl (C=O) groups is 1. The van der Waals surface area contributed by atoms with Crippen molar-refractivity contribution in [1.82, 2.24) is 0 Å². The van der Waals surface area contributed by atoms with Gasteiger partial charge in [0.05, 0.1) is 11.4 Å². The highest BCUT2D eigenvalue weighted by molar-refractivity contribution is 9.09. The summed E-state index contributed by atoms with van der Waals surface area (Å²) in [6, 6.07) is 3.93. The third-order valence-electron chi connectivity index (χ3n) is 2.72. The maximum absolute atomic E-state index is 10.8. The first-order chi connectivity index (χ1) is 8.60. The molecule has 100 valence electrons. The maximum atomic E-state index is 10.8. The molecule has 1 rings (SSSR count). The van der Waals surface area contributed by atoms with Crippen molar-refractivity contribution in [1.29, 1.82) is 0 Å². The van der Waals surface area contributed by atoms with Crippen LogP contribution < -0.4 is 4.74 Å². The fourth-order valence-electron chi connectivity index (χ4n) is 1.91. The summed E-state index contributed by atoms with van der Waals surface area (Å²) in [5.41, 5.74) is 3.14. The number of hydrogen-bond acceptors (Lipinski definition) is 3. The molecular formula is C14H19BrO3. The molecule has 0 heterocycles. The third-order valence-corrected chi connectivity index (χ3v) is 3.40. The van der Waals surface area contributed by atoms with Crippen LogP contribution in [-0.4, -0.2) is 26.6 Å². The first-order valence-electron chi connectivity index (χ1n) is 5.92. The fraction of sp³-hybridized carbons (Fsp3) is 0.500. The Hall–Kier alpha value is -0.870. The second-order valence-electron chi connectivity index (χ2n) is 4.20. The number of hydrogen-bond donors (Lipinski definition) is 0. The van der Waals surface area contributed by atoms with Crippen LogP contribution in [0.3, 0.4) is 0 Å². The number of rotatable bonds is 7. The fourth-order valence-corrected chi connectivity index (χ4v) is 2.64. The number of benzene rings is 1. The van der Waals surface area contributed by atoms with Gasteiger partial charge in [-0.15, -0.1) is 0 Å². The van der Waals surface area contributed by atoms with Crippen LogP contribution in [0.15, 0.2) is 12.1 Å². The van der Waals surface area contributed by atoms with Crippen LogP contribution in [-0.2, 0) is 9.53 Å². The molecule has 0 aromatic heterocycles. The maximum Gasteiger partial charge on any atom is 0.138 e. The van der Waals surface area contributed by atoms with Gasteiger partial charge in [-0.2, -0.15) is 0 Å². The van der Waals surface area contributed by atoms with Gasteiger partial charge in [0.15, 0.2) is 0 Å². The number of aryl methyl sites for hydroxylation is 2. The Balaban J connectivity index is 2.76. The van der Waals surface area contributed by atoms with E-state index in [1.165, 1.54) is 0 Å². The van der Waals surface area contributed by atoms with Crippen LogP contribution in [0, 0.1) is 13.8 Å². The number of carbonyl (C=O) groups excluding carboxylic acids is 1. The number of alkyl halides is 1. The molecule has 3 nitrogen and oxygen atoms in total. The lowest BCUT2D eigenvalue weighted by Crippen LogP contribution is -2.04. The predicted molar refractivity (Wildman–Crippen MR) is 75.6 cm³/mol. The molecule has 0 aliphatic carbocycles. The number of methoxy groups -OCH3 is 1. The number of halogens is 1. The molecule has 1 atom stereocenters. The normalized spacial score (nSPS) is 12.2. The van der Waals surface area contributed by atoms with E-state index in [4.69, 9.17) is 9.47 Å². The lowest BCUT2D eigenvalue weighted by Gasteiger charge is -2.14. The monoisotopic (exact) mass is 314 g/mol. The molecule has 0 radical (unpaired) electrons. The topological polar surface area (TPSA) is 35.5 Å². The first kappa shape index (κ1) is 15.2. The van der Waals surface area contributed by atoms with Gasteiger partial charge in [0, 0.05) is 20.1 Å². The van der Waals surface area contributed by atoms with Crippen molar-refractivity contribution in [2.24, 2.45) is 0 Å². The van der Waals surface area contributed by atoms with Gasteiger partial charge in [-0.05, 0) is 42.7 Å². The molecule has 4 heteroatoms. The van der Waals surface area contributed by atoms with E-state index in [2.05, 4.69) is 15.9 Å². The summed E-state index contributed by atoms with van der Waals surface area (Å²) in [6.45, 7) is 5.31. The standard InChI is InChI=1S/C14H19BrO3/c1-10-7-12(18-6-4-5-17-3)8-11(2)14(10)13(15)9-16/h7-9,13H,4-6H2,1-3H3. The van der Waals surface area contributed by atoms with E-state index in [1.54, 1.807) is 7.11 Å². The van der Waals surface area contributed by atoms with Crippen LogP contribution in [0.5, 0.6) is 5.75 Å². The van der Waals surface area contributed by atoms with Crippen molar-refractivity contribution in [2.75, 3.05) is 20.3 Å². The van der Waals surface area contributed by atoms with Crippen molar-refractivity contribution < 1.29 is 14.3 Å². The van der Waals surface area contributed by atoms with E-state index >= 15 is 0 Å². The summed E-state index contributed by atoms with van der Waals surface area (Å²) in [5.74, 6) is 0.843. The largest absolute Gasteiger partial charge is 0.493 e. The Kier molecular flexibility index (Phi) is 6.36.